The van der Waals surface area contributed by atoms with Gasteiger partial charge in [0, 0.05) is 43.6 Å². The summed E-state index contributed by atoms with van der Waals surface area (Å²) >= 11 is 0. The summed E-state index contributed by atoms with van der Waals surface area (Å²) in [7, 11) is 0. The molecule has 4 rings (SSSR count). The maximum absolute atomic E-state index is 12.9. The van der Waals surface area contributed by atoms with Crippen LogP contribution in [-0.2, 0) is 0 Å². The van der Waals surface area contributed by atoms with E-state index in [2.05, 4.69) is 64.4 Å². The number of carbonyl (C=O) groups is 1. The number of benzene rings is 2. The summed E-state index contributed by atoms with van der Waals surface area (Å²) in [5.41, 5.74) is 4.92. The smallest absolute Gasteiger partial charge is 0.272 e. The highest BCUT2D eigenvalue weighted by molar-refractivity contribution is 5.93. The van der Waals surface area contributed by atoms with E-state index in [1.807, 2.05) is 23.1 Å². The van der Waals surface area contributed by atoms with Gasteiger partial charge in [-0.1, -0.05) is 24.3 Å². The number of piperazine rings is 1. The van der Waals surface area contributed by atoms with Gasteiger partial charge in [0.05, 0.1) is 0 Å². The lowest BCUT2D eigenvalue weighted by Crippen LogP contribution is -2.49. The lowest BCUT2D eigenvalue weighted by Gasteiger charge is -2.36. The lowest BCUT2D eigenvalue weighted by atomic mass is 10.1. The van der Waals surface area contributed by atoms with Crippen molar-refractivity contribution < 1.29 is 4.79 Å². The fourth-order valence-electron chi connectivity index (χ4n) is 3.71. The van der Waals surface area contributed by atoms with Crippen molar-refractivity contribution in [2.75, 3.05) is 36.4 Å². The Bertz CT molecular complexity index is 977. The summed E-state index contributed by atoms with van der Waals surface area (Å²) in [4.78, 5) is 25.6. The van der Waals surface area contributed by atoms with Crippen molar-refractivity contribution in [3.8, 4) is 0 Å². The monoisotopic (exact) mass is 387 g/mol. The molecule has 29 heavy (non-hydrogen) atoms. The first-order valence-corrected chi connectivity index (χ1v) is 9.85. The maximum Gasteiger partial charge on any atom is 0.272 e. The average Bonchev–Trinajstić information content (AvgIpc) is 2.73. The molecule has 0 atom stereocenters. The van der Waals surface area contributed by atoms with E-state index >= 15 is 0 Å². The predicted molar refractivity (Wildman–Crippen MR) is 116 cm³/mol. The van der Waals surface area contributed by atoms with Gasteiger partial charge < -0.3 is 15.1 Å². The number of aromatic nitrogens is 2. The Hall–Kier alpha value is -3.41. The van der Waals surface area contributed by atoms with Crippen LogP contribution in [0.2, 0.25) is 0 Å². The molecular formula is C23H25N5O. The van der Waals surface area contributed by atoms with Gasteiger partial charge in [0.25, 0.3) is 5.91 Å². The van der Waals surface area contributed by atoms with Gasteiger partial charge in [0.2, 0.25) is 0 Å². The van der Waals surface area contributed by atoms with Crippen LogP contribution in [0.3, 0.4) is 0 Å². The van der Waals surface area contributed by atoms with Crippen molar-refractivity contribution in [2.45, 2.75) is 13.8 Å². The van der Waals surface area contributed by atoms with E-state index in [0.29, 0.717) is 24.6 Å². The Kier molecular flexibility index (Phi) is 5.42. The third kappa shape index (κ3) is 4.54. The number of nitrogens with one attached hydrogen (secondary N) is 1. The van der Waals surface area contributed by atoms with Crippen LogP contribution >= 0.6 is 0 Å². The number of amides is 1. The molecule has 6 nitrogen and oxygen atoms in total. The second-order valence-corrected chi connectivity index (χ2v) is 7.40. The summed E-state index contributed by atoms with van der Waals surface area (Å²) < 4.78 is 0. The number of anilines is 3. The molecule has 1 N–H and O–H groups in total. The quantitative estimate of drug-likeness (QED) is 0.738. The Morgan fingerprint density at radius 2 is 1.59 bits per heavy atom. The largest absolute Gasteiger partial charge is 0.368 e. The molecule has 0 radical (unpaired) electrons. The van der Waals surface area contributed by atoms with Crippen LogP contribution < -0.4 is 10.2 Å². The third-order valence-corrected chi connectivity index (χ3v) is 5.07. The standard InChI is InChI=1S/C23H25N5O/c1-17-12-18(2)14-19(13-17)26-22-15-21(24-16-25-22)23(29)28-10-8-27(9-11-28)20-6-4-3-5-7-20/h3-7,12-16H,8-11H2,1-2H3,(H,24,25,26). The van der Waals surface area contributed by atoms with Crippen LogP contribution in [0.4, 0.5) is 17.2 Å². The number of carbonyl (C=O) groups excluding carboxylic acids is 1. The lowest BCUT2D eigenvalue weighted by molar-refractivity contribution is 0.0740. The summed E-state index contributed by atoms with van der Waals surface area (Å²) in [6.07, 6.45) is 1.44. The molecule has 1 aliphatic rings. The number of nitrogens with zero attached hydrogens (tertiary/aromatic N) is 4. The minimum atomic E-state index is -0.0522. The van der Waals surface area contributed by atoms with Crippen LogP contribution in [0, 0.1) is 13.8 Å². The number of aryl methyl sites for hydroxylation is 2. The maximum atomic E-state index is 12.9. The van der Waals surface area contributed by atoms with Gasteiger partial charge in [-0.3, -0.25) is 4.79 Å². The van der Waals surface area contributed by atoms with Crippen LogP contribution in [0.5, 0.6) is 0 Å². The van der Waals surface area contributed by atoms with E-state index in [4.69, 9.17) is 0 Å². The first-order valence-electron chi connectivity index (χ1n) is 9.85. The molecule has 1 aliphatic heterocycles. The Labute approximate surface area is 171 Å². The van der Waals surface area contributed by atoms with Gasteiger partial charge in [-0.05, 0) is 49.2 Å². The highest BCUT2D eigenvalue weighted by atomic mass is 16.2. The van der Waals surface area contributed by atoms with E-state index in [9.17, 15) is 4.79 Å². The van der Waals surface area contributed by atoms with Crippen LogP contribution in [0.15, 0.2) is 60.9 Å². The van der Waals surface area contributed by atoms with Crippen molar-refractivity contribution in [3.05, 3.63) is 77.7 Å². The highest BCUT2D eigenvalue weighted by Crippen LogP contribution is 2.20. The number of hydrogen-bond donors (Lipinski definition) is 1. The predicted octanol–water partition coefficient (Wildman–Crippen LogP) is 3.80. The molecule has 1 fully saturated rings. The minimum absolute atomic E-state index is 0.0522. The molecule has 148 valence electrons. The molecule has 3 aromatic rings. The molecule has 0 saturated carbocycles. The summed E-state index contributed by atoms with van der Waals surface area (Å²) in [5.74, 6) is 0.569. The molecule has 0 spiro atoms. The van der Waals surface area contributed by atoms with Crippen LogP contribution in [-0.4, -0.2) is 47.0 Å². The van der Waals surface area contributed by atoms with Crippen LogP contribution in [0.1, 0.15) is 21.6 Å². The first-order chi connectivity index (χ1) is 14.1. The number of rotatable bonds is 4. The summed E-state index contributed by atoms with van der Waals surface area (Å²) in [6, 6.07) is 18.3. The van der Waals surface area contributed by atoms with Crippen molar-refractivity contribution in [1.82, 2.24) is 14.9 Å². The van der Waals surface area contributed by atoms with Crippen molar-refractivity contribution in [3.63, 3.8) is 0 Å². The van der Waals surface area contributed by atoms with Gasteiger partial charge in [0.15, 0.2) is 0 Å². The first kappa shape index (κ1) is 18.9. The fourth-order valence-corrected chi connectivity index (χ4v) is 3.71. The second kappa shape index (κ2) is 8.31. The molecule has 2 aromatic carbocycles. The van der Waals surface area contributed by atoms with Gasteiger partial charge in [-0.15, -0.1) is 0 Å². The average molecular weight is 387 g/mol. The molecular weight excluding hydrogens is 362 g/mol. The van der Waals surface area contributed by atoms with Crippen molar-refractivity contribution >= 4 is 23.1 Å². The Morgan fingerprint density at radius 1 is 0.897 bits per heavy atom. The minimum Gasteiger partial charge on any atom is -0.368 e. The van der Waals surface area contributed by atoms with Gasteiger partial charge in [-0.25, -0.2) is 9.97 Å². The van der Waals surface area contributed by atoms with Crippen LogP contribution in [0.25, 0.3) is 0 Å². The SMILES string of the molecule is Cc1cc(C)cc(Nc2cc(C(=O)N3CCN(c4ccccc4)CC3)ncn2)c1. The summed E-state index contributed by atoms with van der Waals surface area (Å²) in [5, 5.41) is 3.28. The van der Waals surface area contributed by atoms with E-state index in [-0.39, 0.29) is 5.91 Å². The molecule has 1 saturated heterocycles. The topological polar surface area (TPSA) is 61.4 Å². The molecule has 0 unspecified atom stereocenters. The Balaban J connectivity index is 1.42. The zero-order valence-corrected chi connectivity index (χ0v) is 16.8. The van der Waals surface area contributed by atoms with Gasteiger partial charge in [-0.2, -0.15) is 0 Å². The zero-order valence-electron chi connectivity index (χ0n) is 16.8. The van der Waals surface area contributed by atoms with E-state index < -0.39 is 0 Å². The molecule has 0 aliphatic carbocycles. The zero-order chi connectivity index (χ0) is 20.2. The number of hydrogen-bond acceptors (Lipinski definition) is 5. The molecule has 2 heterocycles. The second-order valence-electron chi connectivity index (χ2n) is 7.40. The third-order valence-electron chi connectivity index (χ3n) is 5.07. The van der Waals surface area contributed by atoms with E-state index in [1.165, 1.54) is 23.1 Å². The highest BCUT2D eigenvalue weighted by Gasteiger charge is 2.23. The summed E-state index contributed by atoms with van der Waals surface area (Å²) in [6.45, 7) is 7.10. The van der Waals surface area contributed by atoms with Gasteiger partial charge >= 0.3 is 0 Å². The molecule has 0 bridgehead atoms. The number of para-hydroxylation sites is 1. The Morgan fingerprint density at radius 3 is 2.28 bits per heavy atom. The van der Waals surface area contributed by atoms with E-state index in [1.54, 1.807) is 6.07 Å². The fraction of sp³-hybridized carbons (Fsp3) is 0.261. The normalized spacial score (nSPS) is 14.0. The van der Waals surface area contributed by atoms with Gasteiger partial charge in [0.1, 0.15) is 17.8 Å². The van der Waals surface area contributed by atoms with E-state index in [0.717, 1.165) is 18.8 Å². The van der Waals surface area contributed by atoms with Crippen molar-refractivity contribution in [2.24, 2.45) is 0 Å². The van der Waals surface area contributed by atoms with Crippen molar-refractivity contribution in [1.29, 1.82) is 0 Å². The molecule has 6 heteroatoms. The molecule has 1 amide bonds. The molecule has 1 aromatic heterocycles.